The van der Waals surface area contributed by atoms with Gasteiger partial charge < -0.3 is 24.3 Å². The summed E-state index contributed by atoms with van der Waals surface area (Å²) in [6.07, 6.45) is 11.2. The molecule has 0 amide bonds. The number of piperidine rings is 1. The summed E-state index contributed by atoms with van der Waals surface area (Å²) >= 11 is 0. The van der Waals surface area contributed by atoms with Crippen LogP contribution in [0.25, 0.3) is 0 Å². The highest BCUT2D eigenvalue weighted by atomic mass is 127. The zero-order chi connectivity index (χ0) is 22.0. The molecule has 1 aromatic carbocycles. The van der Waals surface area contributed by atoms with Gasteiger partial charge in [-0.3, -0.25) is 4.99 Å². The van der Waals surface area contributed by atoms with E-state index in [4.69, 9.17) is 9.47 Å². The van der Waals surface area contributed by atoms with Crippen molar-refractivity contribution >= 4 is 29.9 Å². The number of nitrogens with zero attached hydrogens (tertiary/aromatic N) is 4. The fourth-order valence-electron chi connectivity index (χ4n) is 4.51. The summed E-state index contributed by atoms with van der Waals surface area (Å²) in [5.41, 5.74) is 1.34. The van der Waals surface area contributed by atoms with E-state index in [0.29, 0.717) is 18.8 Å². The van der Waals surface area contributed by atoms with E-state index in [1.807, 2.05) is 13.2 Å². The first-order valence-electron chi connectivity index (χ1n) is 12.0. The molecule has 1 aromatic heterocycles. The van der Waals surface area contributed by atoms with Gasteiger partial charge in [-0.15, -0.1) is 24.0 Å². The van der Waals surface area contributed by atoms with E-state index in [9.17, 15) is 0 Å². The molecule has 2 saturated heterocycles. The number of imidazole rings is 1. The van der Waals surface area contributed by atoms with Crippen LogP contribution in [-0.4, -0.2) is 66.0 Å². The van der Waals surface area contributed by atoms with Gasteiger partial charge in [0.1, 0.15) is 5.82 Å². The Balaban J connectivity index is 0.00000306. The average Bonchev–Trinajstić information content (AvgIpc) is 3.31. The van der Waals surface area contributed by atoms with Crippen LogP contribution in [0.2, 0.25) is 0 Å². The number of ether oxygens (including phenoxy) is 2. The third-order valence-electron chi connectivity index (χ3n) is 6.44. The van der Waals surface area contributed by atoms with Crippen molar-refractivity contribution in [2.24, 2.45) is 4.99 Å². The minimum Gasteiger partial charge on any atom is -0.376 e. The highest BCUT2D eigenvalue weighted by Gasteiger charge is 2.24. The molecule has 2 aliphatic rings. The van der Waals surface area contributed by atoms with Crippen LogP contribution in [0.15, 0.2) is 47.7 Å². The van der Waals surface area contributed by atoms with Gasteiger partial charge in [0, 0.05) is 45.7 Å². The number of aromatic nitrogens is 2. The maximum atomic E-state index is 6.16. The van der Waals surface area contributed by atoms with Crippen molar-refractivity contribution in [3.63, 3.8) is 0 Å². The van der Waals surface area contributed by atoms with Crippen LogP contribution in [0.3, 0.4) is 0 Å². The van der Waals surface area contributed by atoms with Crippen LogP contribution in [0.4, 0.5) is 0 Å². The lowest BCUT2D eigenvalue weighted by molar-refractivity contribution is -0.0721. The van der Waals surface area contributed by atoms with Gasteiger partial charge in [0.05, 0.1) is 25.4 Å². The Morgan fingerprint density at radius 2 is 2.00 bits per heavy atom. The zero-order valence-electron chi connectivity index (χ0n) is 19.7. The van der Waals surface area contributed by atoms with E-state index < -0.39 is 0 Å². The number of aliphatic imine (C=N–C) groups is 1. The lowest BCUT2D eigenvalue weighted by Gasteiger charge is -2.35. The van der Waals surface area contributed by atoms with Crippen molar-refractivity contribution in [1.29, 1.82) is 0 Å². The number of nitrogens with one attached hydrogen (secondary N) is 1. The van der Waals surface area contributed by atoms with Gasteiger partial charge in [0.15, 0.2) is 5.96 Å². The summed E-state index contributed by atoms with van der Waals surface area (Å²) in [6.45, 7) is 5.13. The molecule has 4 rings (SSSR count). The van der Waals surface area contributed by atoms with Gasteiger partial charge in [-0.25, -0.2) is 4.98 Å². The maximum absolute atomic E-state index is 6.16. The second kappa shape index (κ2) is 13.9. The second-order valence-corrected chi connectivity index (χ2v) is 8.68. The molecule has 0 aliphatic carbocycles. The molecular weight excluding hydrogens is 529 g/mol. The number of benzene rings is 1. The van der Waals surface area contributed by atoms with E-state index in [0.717, 1.165) is 70.3 Å². The zero-order valence-corrected chi connectivity index (χ0v) is 22.0. The largest absolute Gasteiger partial charge is 0.376 e. The molecule has 7 nitrogen and oxygen atoms in total. The van der Waals surface area contributed by atoms with Crippen LogP contribution in [-0.2, 0) is 29.0 Å². The van der Waals surface area contributed by atoms with Crippen molar-refractivity contribution in [3.8, 4) is 0 Å². The molecule has 0 saturated carbocycles. The van der Waals surface area contributed by atoms with Crippen LogP contribution in [0, 0.1) is 0 Å². The number of hydrogen-bond acceptors (Lipinski definition) is 4. The van der Waals surface area contributed by atoms with E-state index >= 15 is 0 Å². The van der Waals surface area contributed by atoms with Crippen molar-refractivity contribution < 1.29 is 9.47 Å². The minimum atomic E-state index is 0. The molecule has 2 aliphatic heterocycles. The predicted octanol–water partition coefficient (Wildman–Crippen LogP) is 3.87. The van der Waals surface area contributed by atoms with Gasteiger partial charge >= 0.3 is 0 Å². The normalized spacial score (nSPS) is 19.8. The van der Waals surface area contributed by atoms with Gasteiger partial charge in [-0.1, -0.05) is 30.3 Å². The number of halogens is 1. The molecule has 3 heterocycles. The smallest absolute Gasteiger partial charge is 0.194 e. The Morgan fingerprint density at radius 1 is 1.18 bits per heavy atom. The Labute approximate surface area is 215 Å². The summed E-state index contributed by atoms with van der Waals surface area (Å²) in [5.74, 6) is 1.98. The Morgan fingerprint density at radius 3 is 2.73 bits per heavy atom. The van der Waals surface area contributed by atoms with E-state index in [1.165, 1.54) is 18.4 Å². The quantitative estimate of drug-likeness (QED) is 0.298. The summed E-state index contributed by atoms with van der Waals surface area (Å²) < 4.78 is 14.2. The predicted molar refractivity (Wildman–Crippen MR) is 142 cm³/mol. The lowest BCUT2D eigenvalue weighted by Crippen LogP contribution is -2.47. The van der Waals surface area contributed by atoms with E-state index in [-0.39, 0.29) is 24.0 Å². The number of likely N-dealkylation sites (tertiary alicyclic amines) is 1. The van der Waals surface area contributed by atoms with Gasteiger partial charge in [0.2, 0.25) is 0 Å². The molecular formula is C25H38IN5O2. The summed E-state index contributed by atoms with van der Waals surface area (Å²) in [5, 5.41) is 3.51. The first-order valence-corrected chi connectivity index (χ1v) is 12.0. The van der Waals surface area contributed by atoms with Gasteiger partial charge in [-0.2, -0.15) is 0 Å². The van der Waals surface area contributed by atoms with E-state index in [2.05, 4.69) is 61.3 Å². The average molecular weight is 568 g/mol. The monoisotopic (exact) mass is 567 g/mol. The Bertz CT molecular complexity index is 830. The Hall–Kier alpha value is -1.65. The molecule has 2 aromatic rings. The van der Waals surface area contributed by atoms with Crippen molar-refractivity contribution in [1.82, 2.24) is 19.8 Å². The molecule has 33 heavy (non-hydrogen) atoms. The third kappa shape index (κ3) is 7.96. The van der Waals surface area contributed by atoms with Crippen LogP contribution in [0.1, 0.15) is 43.5 Å². The third-order valence-corrected chi connectivity index (χ3v) is 6.44. The number of hydrogen-bond donors (Lipinski definition) is 1. The fourth-order valence-corrected chi connectivity index (χ4v) is 4.51. The molecule has 0 spiro atoms. The lowest BCUT2D eigenvalue weighted by atomic mass is 10.1. The molecule has 1 N–H and O–H groups in total. The fraction of sp³-hybridized carbons (Fsp3) is 0.600. The molecule has 182 valence electrons. The maximum Gasteiger partial charge on any atom is 0.194 e. The minimum absolute atomic E-state index is 0. The van der Waals surface area contributed by atoms with Crippen molar-refractivity contribution in [3.05, 3.63) is 54.1 Å². The van der Waals surface area contributed by atoms with Crippen LogP contribution < -0.4 is 5.32 Å². The number of rotatable bonds is 8. The summed E-state index contributed by atoms with van der Waals surface area (Å²) in [4.78, 5) is 11.4. The highest BCUT2D eigenvalue weighted by Crippen LogP contribution is 2.18. The van der Waals surface area contributed by atoms with Gasteiger partial charge in [-0.05, 0) is 44.1 Å². The molecule has 1 unspecified atom stereocenters. The first kappa shape index (κ1) is 26.0. The molecule has 1 atom stereocenters. The van der Waals surface area contributed by atoms with Crippen LogP contribution in [0.5, 0.6) is 0 Å². The first-order chi connectivity index (χ1) is 15.8. The SMILES string of the molecule is CN=C(NCc1nccn1CCc1ccccc1)N1CCC(OCC2CCCCO2)CC1.I. The highest BCUT2D eigenvalue weighted by molar-refractivity contribution is 14.0. The standard InChI is InChI=1S/C25H37N5O2.HI/c1-26-25(30-15-11-22(12-16-30)32-20-23-9-5-6-18-31-23)28-19-24-27-13-17-29(24)14-10-21-7-3-2-4-8-21;/h2-4,7-8,13,17,22-23H,5-6,9-12,14-16,18-20H2,1H3,(H,26,28);1H. The summed E-state index contributed by atoms with van der Waals surface area (Å²) in [6, 6.07) is 10.6. The molecule has 0 bridgehead atoms. The van der Waals surface area contributed by atoms with Crippen molar-refractivity contribution in [2.75, 3.05) is 33.4 Å². The van der Waals surface area contributed by atoms with Crippen LogP contribution >= 0.6 is 24.0 Å². The number of aryl methyl sites for hydroxylation is 2. The molecule has 2 fully saturated rings. The molecule has 8 heteroatoms. The topological polar surface area (TPSA) is 63.9 Å². The summed E-state index contributed by atoms with van der Waals surface area (Å²) in [7, 11) is 1.85. The van der Waals surface area contributed by atoms with Crippen molar-refractivity contribution in [2.45, 2.75) is 63.8 Å². The second-order valence-electron chi connectivity index (χ2n) is 8.68. The molecule has 0 radical (unpaired) electrons. The van der Waals surface area contributed by atoms with E-state index in [1.54, 1.807) is 0 Å². The number of guanidine groups is 1. The Kier molecular flexibility index (Phi) is 10.9. The van der Waals surface area contributed by atoms with Gasteiger partial charge in [0.25, 0.3) is 0 Å².